The van der Waals surface area contributed by atoms with Crippen LogP contribution in [-0.2, 0) is 0 Å². The van der Waals surface area contributed by atoms with Gasteiger partial charge in [0.25, 0.3) is 0 Å². The highest BCUT2D eigenvalue weighted by atomic mass is 15.2. The summed E-state index contributed by atoms with van der Waals surface area (Å²) in [6, 6.07) is 0. The summed E-state index contributed by atoms with van der Waals surface area (Å²) in [6.07, 6.45) is 0. The van der Waals surface area contributed by atoms with Crippen molar-refractivity contribution in [1.29, 1.82) is 0 Å². The van der Waals surface area contributed by atoms with E-state index in [4.69, 9.17) is 0 Å². The van der Waals surface area contributed by atoms with Gasteiger partial charge in [0.1, 0.15) is 0 Å². The van der Waals surface area contributed by atoms with Crippen LogP contribution in [0.2, 0.25) is 0 Å². The van der Waals surface area contributed by atoms with Crippen LogP contribution in [0.1, 0.15) is 0 Å². The molecule has 1 rings (SSSR count). The minimum atomic E-state index is 1.17. The molecule has 1 aliphatic rings. The molecular formula is C12H28N4. The van der Waals surface area contributed by atoms with Crippen molar-refractivity contribution in [3.05, 3.63) is 0 Å². The third kappa shape index (κ3) is 5.80. The van der Waals surface area contributed by atoms with Crippen LogP contribution in [0.5, 0.6) is 0 Å². The molecule has 1 aliphatic heterocycles. The fourth-order valence-corrected chi connectivity index (χ4v) is 1.81. The summed E-state index contributed by atoms with van der Waals surface area (Å²) in [5.74, 6) is 0. The molecule has 0 amide bonds. The Bertz CT molecular complexity index is 130. The molecule has 0 saturated carbocycles. The number of hydrogen-bond acceptors (Lipinski definition) is 4. The standard InChI is InChI=1S/C12H28N4/c1-13-5-7-14(2)9-11-16(4)12-10-15(3)8-6-13/h5-12H2,1-4H3. The van der Waals surface area contributed by atoms with Gasteiger partial charge in [-0.3, -0.25) is 0 Å². The van der Waals surface area contributed by atoms with Gasteiger partial charge in [0.15, 0.2) is 0 Å². The molecule has 0 atom stereocenters. The van der Waals surface area contributed by atoms with E-state index in [9.17, 15) is 0 Å². The highest BCUT2D eigenvalue weighted by Gasteiger charge is 2.08. The summed E-state index contributed by atoms with van der Waals surface area (Å²) in [7, 11) is 8.89. The van der Waals surface area contributed by atoms with Gasteiger partial charge in [0.05, 0.1) is 0 Å². The molecule has 0 spiro atoms. The van der Waals surface area contributed by atoms with Crippen molar-refractivity contribution < 1.29 is 0 Å². The maximum atomic E-state index is 2.43. The van der Waals surface area contributed by atoms with E-state index in [0.717, 1.165) is 0 Å². The second-order valence-corrected chi connectivity index (χ2v) is 5.21. The van der Waals surface area contributed by atoms with Gasteiger partial charge in [-0.15, -0.1) is 0 Å². The molecule has 1 saturated heterocycles. The van der Waals surface area contributed by atoms with E-state index in [0.29, 0.717) is 0 Å². The average molecular weight is 228 g/mol. The van der Waals surface area contributed by atoms with Crippen molar-refractivity contribution in [2.75, 3.05) is 80.5 Å². The van der Waals surface area contributed by atoms with Crippen molar-refractivity contribution in [3.8, 4) is 0 Å². The van der Waals surface area contributed by atoms with E-state index in [-0.39, 0.29) is 0 Å². The third-order valence-corrected chi connectivity index (χ3v) is 3.45. The van der Waals surface area contributed by atoms with Gasteiger partial charge < -0.3 is 19.6 Å². The van der Waals surface area contributed by atoms with Crippen molar-refractivity contribution >= 4 is 0 Å². The molecular weight excluding hydrogens is 200 g/mol. The lowest BCUT2D eigenvalue weighted by atomic mass is 10.4. The Kier molecular flexibility index (Phi) is 6.28. The van der Waals surface area contributed by atoms with Crippen LogP contribution in [-0.4, -0.2) is 100 Å². The van der Waals surface area contributed by atoms with E-state index in [1.807, 2.05) is 0 Å². The van der Waals surface area contributed by atoms with Gasteiger partial charge in [-0.05, 0) is 28.2 Å². The minimum absolute atomic E-state index is 1.17. The van der Waals surface area contributed by atoms with Crippen molar-refractivity contribution in [2.24, 2.45) is 0 Å². The molecule has 4 nitrogen and oxygen atoms in total. The van der Waals surface area contributed by atoms with E-state index in [2.05, 4.69) is 47.8 Å². The topological polar surface area (TPSA) is 13.0 Å². The Morgan fingerprint density at radius 2 is 0.500 bits per heavy atom. The lowest BCUT2D eigenvalue weighted by molar-refractivity contribution is 0.181. The van der Waals surface area contributed by atoms with Crippen LogP contribution in [0.25, 0.3) is 0 Å². The Morgan fingerprint density at radius 1 is 0.375 bits per heavy atom. The molecule has 1 heterocycles. The first-order chi connectivity index (χ1) is 7.58. The SMILES string of the molecule is CN1CCN(C)CCN(C)CCN(C)CC1. The first kappa shape index (κ1) is 13.9. The maximum absolute atomic E-state index is 2.43. The predicted octanol–water partition coefficient (Wildman–Crippen LogP) is -0.273. The zero-order chi connectivity index (χ0) is 12.0. The van der Waals surface area contributed by atoms with Gasteiger partial charge in [-0.2, -0.15) is 0 Å². The van der Waals surface area contributed by atoms with E-state index in [1.165, 1.54) is 52.4 Å². The fraction of sp³-hybridized carbons (Fsp3) is 1.00. The summed E-state index contributed by atoms with van der Waals surface area (Å²) in [5.41, 5.74) is 0. The molecule has 4 heteroatoms. The minimum Gasteiger partial charge on any atom is -0.304 e. The van der Waals surface area contributed by atoms with Gasteiger partial charge in [-0.1, -0.05) is 0 Å². The number of nitrogens with zero attached hydrogens (tertiary/aromatic N) is 4. The summed E-state index contributed by atoms with van der Waals surface area (Å²) in [5, 5.41) is 0. The highest BCUT2D eigenvalue weighted by Crippen LogP contribution is 1.94. The molecule has 0 radical (unpaired) electrons. The maximum Gasteiger partial charge on any atom is 0.0107 e. The van der Waals surface area contributed by atoms with E-state index < -0.39 is 0 Å². The largest absolute Gasteiger partial charge is 0.304 e. The Morgan fingerprint density at radius 3 is 0.625 bits per heavy atom. The number of likely N-dealkylation sites (N-methyl/N-ethyl adjacent to an activating group) is 4. The highest BCUT2D eigenvalue weighted by molar-refractivity contribution is 4.65. The van der Waals surface area contributed by atoms with Crippen LogP contribution in [0.15, 0.2) is 0 Å². The van der Waals surface area contributed by atoms with Crippen LogP contribution < -0.4 is 0 Å². The summed E-state index contributed by atoms with van der Waals surface area (Å²) in [4.78, 5) is 9.72. The van der Waals surface area contributed by atoms with Crippen LogP contribution in [0.4, 0.5) is 0 Å². The van der Waals surface area contributed by atoms with Crippen LogP contribution >= 0.6 is 0 Å². The first-order valence-electron chi connectivity index (χ1n) is 6.32. The molecule has 96 valence electrons. The van der Waals surface area contributed by atoms with Crippen LogP contribution in [0, 0.1) is 0 Å². The lowest BCUT2D eigenvalue weighted by Gasteiger charge is -2.28. The molecule has 0 bridgehead atoms. The molecule has 0 aromatic carbocycles. The zero-order valence-corrected chi connectivity index (χ0v) is 11.4. The van der Waals surface area contributed by atoms with Crippen molar-refractivity contribution in [3.63, 3.8) is 0 Å². The Hall–Kier alpha value is -0.160. The van der Waals surface area contributed by atoms with Gasteiger partial charge in [-0.25, -0.2) is 0 Å². The zero-order valence-electron chi connectivity index (χ0n) is 11.4. The van der Waals surface area contributed by atoms with Gasteiger partial charge in [0, 0.05) is 52.4 Å². The molecule has 0 N–H and O–H groups in total. The summed E-state index contributed by atoms with van der Waals surface area (Å²) in [6.45, 7) is 9.40. The second-order valence-electron chi connectivity index (χ2n) is 5.21. The number of hydrogen-bond donors (Lipinski definition) is 0. The molecule has 0 aliphatic carbocycles. The molecule has 0 aromatic rings. The third-order valence-electron chi connectivity index (χ3n) is 3.45. The van der Waals surface area contributed by atoms with Gasteiger partial charge in [0.2, 0.25) is 0 Å². The first-order valence-corrected chi connectivity index (χ1v) is 6.32. The monoisotopic (exact) mass is 228 g/mol. The predicted molar refractivity (Wildman–Crippen MR) is 70.0 cm³/mol. The van der Waals surface area contributed by atoms with Crippen molar-refractivity contribution in [2.45, 2.75) is 0 Å². The molecule has 16 heavy (non-hydrogen) atoms. The average Bonchev–Trinajstić information content (AvgIpc) is 2.27. The normalized spacial score (nSPS) is 26.2. The smallest absolute Gasteiger partial charge is 0.0107 e. The Labute approximate surface area is 101 Å². The van der Waals surface area contributed by atoms with E-state index in [1.54, 1.807) is 0 Å². The Balaban J connectivity index is 2.39. The number of rotatable bonds is 0. The van der Waals surface area contributed by atoms with Gasteiger partial charge >= 0.3 is 0 Å². The molecule has 0 unspecified atom stereocenters. The van der Waals surface area contributed by atoms with Crippen LogP contribution in [0.3, 0.4) is 0 Å². The summed E-state index contributed by atoms with van der Waals surface area (Å²) >= 11 is 0. The fourth-order valence-electron chi connectivity index (χ4n) is 1.81. The van der Waals surface area contributed by atoms with Crippen molar-refractivity contribution in [1.82, 2.24) is 19.6 Å². The quantitative estimate of drug-likeness (QED) is 0.566. The lowest BCUT2D eigenvalue weighted by Crippen LogP contribution is -2.42. The van der Waals surface area contributed by atoms with E-state index >= 15 is 0 Å². The molecule has 1 fully saturated rings. The second kappa shape index (κ2) is 7.22. The molecule has 0 aromatic heterocycles. The summed E-state index contributed by atoms with van der Waals surface area (Å²) < 4.78 is 0.